The van der Waals surface area contributed by atoms with E-state index in [1.807, 2.05) is 0 Å². The predicted molar refractivity (Wildman–Crippen MR) is 82.0 cm³/mol. The summed E-state index contributed by atoms with van der Waals surface area (Å²) in [5, 5.41) is 0. The molecular formula is C17H28N2. The molecule has 0 spiro atoms. The summed E-state index contributed by atoms with van der Waals surface area (Å²) in [5.41, 5.74) is 7.71. The second-order valence-electron chi connectivity index (χ2n) is 5.83. The molecule has 1 fully saturated rings. The summed E-state index contributed by atoms with van der Waals surface area (Å²) in [6.07, 6.45) is 4.82. The molecule has 1 aromatic rings. The third kappa shape index (κ3) is 3.58. The zero-order valence-electron chi connectivity index (χ0n) is 12.4. The Bertz CT molecular complexity index is 363. The number of hydrogen-bond donors (Lipinski definition) is 1. The van der Waals surface area contributed by atoms with E-state index in [0.717, 1.165) is 19.5 Å². The van der Waals surface area contributed by atoms with Crippen LogP contribution in [0.5, 0.6) is 0 Å². The fourth-order valence-electron chi connectivity index (χ4n) is 3.30. The highest BCUT2D eigenvalue weighted by Crippen LogP contribution is 2.30. The van der Waals surface area contributed by atoms with Gasteiger partial charge < -0.3 is 5.73 Å². The smallest absolute Gasteiger partial charge is 0.0348 e. The molecule has 0 bridgehead atoms. The van der Waals surface area contributed by atoms with Crippen molar-refractivity contribution in [3.8, 4) is 0 Å². The molecule has 2 rings (SSSR count). The molecule has 3 unspecified atom stereocenters. The van der Waals surface area contributed by atoms with Gasteiger partial charge in [-0.25, -0.2) is 0 Å². The van der Waals surface area contributed by atoms with Crippen LogP contribution in [0.2, 0.25) is 0 Å². The molecule has 0 saturated carbocycles. The fourth-order valence-corrected chi connectivity index (χ4v) is 3.30. The van der Waals surface area contributed by atoms with Gasteiger partial charge in [-0.1, -0.05) is 57.0 Å². The van der Waals surface area contributed by atoms with Gasteiger partial charge >= 0.3 is 0 Å². The molecule has 3 atom stereocenters. The number of nitrogens with zero attached hydrogens (tertiary/aromatic N) is 1. The van der Waals surface area contributed by atoms with Gasteiger partial charge in [0, 0.05) is 25.2 Å². The Hall–Kier alpha value is -0.860. The van der Waals surface area contributed by atoms with Crippen LogP contribution in [0.4, 0.5) is 0 Å². The first kappa shape index (κ1) is 14.5. The lowest BCUT2D eigenvalue weighted by atomic mass is 9.88. The predicted octanol–water partition coefficient (Wildman–Crippen LogP) is 3.59. The highest BCUT2D eigenvalue weighted by atomic mass is 15.2. The number of benzene rings is 1. The van der Waals surface area contributed by atoms with Gasteiger partial charge in [0.15, 0.2) is 0 Å². The quantitative estimate of drug-likeness (QED) is 0.876. The Morgan fingerprint density at radius 3 is 2.63 bits per heavy atom. The van der Waals surface area contributed by atoms with Gasteiger partial charge in [0.05, 0.1) is 0 Å². The number of piperidine rings is 1. The molecule has 0 radical (unpaired) electrons. The zero-order valence-corrected chi connectivity index (χ0v) is 12.4. The van der Waals surface area contributed by atoms with Gasteiger partial charge in [-0.3, -0.25) is 4.90 Å². The monoisotopic (exact) mass is 260 g/mol. The largest absolute Gasteiger partial charge is 0.327 e. The maximum atomic E-state index is 6.24. The van der Waals surface area contributed by atoms with Crippen molar-refractivity contribution in [3.63, 3.8) is 0 Å². The molecule has 0 aromatic heterocycles. The van der Waals surface area contributed by atoms with E-state index in [4.69, 9.17) is 5.73 Å². The first-order valence-corrected chi connectivity index (χ1v) is 7.80. The van der Waals surface area contributed by atoms with Crippen LogP contribution in [0.15, 0.2) is 30.3 Å². The van der Waals surface area contributed by atoms with Gasteiger partial charge in [0.25, 0.3) is 0 Å². The van der Waals surface area contributed by atoms with Crippen molar-refractivity contribution in [2.45, 2.75) is 51.6 Å². The SMILES string of the molecule is CCCC(c1ccccc1)N1CCC(N)C(CC)C1. The van der Waals surface area contributed by atoms with Crippen LogP contribution in [-0.2, 0) is 0 Å². The van der Waals surface area contributed by atoms with Crippen LogP contribution < -0.4 is 5.73 Å². The molecule has 1 aliphatic heterocycles. The third-order valence-corrected chi connectivity index (χ3v) is 4.54. The summed E-state index contributed by atoms with van der Waals surface area (Å²) in [4.78, 5) is 2.66. The molecule has 1 aromatic carbocycles. The highest BCUT2D eigenvalue weighted by Gasteiger charge is 2.29. The van der Waals surface area contributed by atoms with Crippen molar-refractivity contribution < 1.29 is 0 Å². The summed E-state index contributed by atoms with van der Waals surface area (Å²) in [7, 11) is 0. The maximum Gasteiger partial charge on any atom is 0.0348 e. The van der Waals surface area contributed by atoms with E-state index < -0.39 is 0 Å². The molecule has 1 saturated heterocycles. The van der Waals surface area contributed by atoms with E-state index in [1.54, 1.807) is 0 Å². The molecule has 2 heteroatoms. The topological polar surface area (TPSA) is 29.3 Å². The number of nitrogens with two attached hydrogens (primary N) is 1. The Labute approximate surface area is 118 Å². The van der Waals surface area contributed by atoms with E-state index in [2.05, 4.69) is 49.1 Å². The second-order valence-corrected chi connectivity index (χ2v) is 5.83. The number of likely N-dealkylation sites (tertiary alicyclic amines) is 1. The van der Waals surface area contributed by atoms with Crippen LogP contribution in [0.3, 0.4) is 0 Å². The summed E-state index contributed by atoms with van der Waals surface area (Å²) >= 11 is 0. The Balaban J connectivity index is 2.11. The van der Waals surface area contributed by atoms with Crippen LogP contribution >= 0.6 is 0 Å². The Morgan fingerprint density at radius 1 is 1.26 bits per heavy atom. The standard InChI is InChI=1S/C17H28N2/c1-3-8-17(15-9-6-5-7-10-15)19-12-11-16(18)14(4-2)13-19/h5-7,9-10,14,16-17H,3-4,8,11-13,18H2,1-2H3. The fraction of sp³-hybridized carbons (Fsp3) is 0.647. The minimum Gasteiger partial charge on any atom is -0.327 e. The lowest BCUT2D eigenvalue weighted by Gasteiger charge is -2.41. The Kier molecular flexibility index (Phi) is 5.41. The van der Waals surface area contributed by atoms with Gasteiger partial charge in [0.1, 0.15) is 0 Å². The van der Waals surface area contributed by atoms with E-state index >= 15 is 0 Å². The minimum atomic E-state index is 0.402. The molecular weight excluding hydrogens is 232 g/mol. The highest BCUT2D eigenvalue weighted by molar-refractivity contribution is 5.19. The van der Waals surface area contributed by atoms with Gasteiger partial charge in [-0.05, 0) is 24.3 Å². The van der Waals surface area contributed by atoms with E-state index in [-0.39, 0.29) is 0 Å². The van der Waals surface area contributed by atoms with Crippen LogP contribution in [-0.4, -0.2) is 24.0 Å². The van der Waals surface area contributed by atoms with Gasteiger partial charge in [-0.2, -0.15) is 0 Å². The second kappa shape index (κ2) is 7.06. The molecule has 19 heavy (non-hydrogen) atoms. The van der Waals surface area contributed by atoms with Crippen molar-refractivity contribution in [2.75, 3.05) is 13.1 Å². The van der Waals surface area contributed by atoms with Crippen molar-refractivity contribution in [2.24, 2.45) is 11.7 Å². The van der Waals surface area contributed by atoms with E-state index in [0.29, 0.717) is 18.0 Å². The van der Waals surface area contributed by atoms with Gasteiger partial charge in [0.2, 0.25) is 0 Å². The third-order valence-electron chi connectivity index (χ3n) is 4.54. The zero-order chi connectivity index (χ0) is 13.7. The van der Waals surface area contributed by atoms with Crippen LogP contribution in [0.1, 0.15) is 51.1 Å². The molecule has 106 valence electrons. The first-order valence-electron chi connectivity index (χ1n) is 7.80. The van der Waals surface area contributed by atoms with E-state index in [1.165, 1.54) is 24.8 Å². The summed E-state index contributed by atoms with van der Waals surface area (Å²) in [6, 6.07) is 11.9. The minimum absolute atomic E-state index is 0.402. The van der Waals surface area contributed by atoms with Crippen LogP contribution in [0, 0.1) is 5.92 Å². The number of hydrogen-bond acceptors (Lipinski definition) is 2. The lowest BCUT2D eigenvalue weighted by molar-refractivity contribution is 0.101. The lowest BCUT2D eigenvalue weighted by Crippen LogP contribution is -2.48. The molecule has 0 amide bonds. The van der Waals surface area contributed by atoms with Gasteiger partial charge in [-0.15, -0.1) is 0 Å². The molecule has 0 aliphatic carbocycles. The number of rotatable bonds is 5. The van der Waals surface area contributed by atoms with Crippen molar-refractivity contribution in [1.29, 1.82) is 0 Å². The summed E-state index contributed by atoms with van der Waals surface area (Å²) < 4.78 is 0. The average molecular weight is 260 g/mol. The average Bonchev–Trinajstić information content (AvgIpc) is 2.46. The molecule has 1 aliphatic rings. The summed E-state index contributed by atoms with van der Waals surface area (Å²) in [5.74, 6) is 0.664. The maximum absolute atomic E-state index is 6.24. The van der Waals surface area contributed by atoms with Crippen molar-refractivity contribution in [3.05, 3.63) is 35.9 Å². The summed E-state index contributed by atoms with van der Waals surface area (Å²) in [6.45, 7) is 6.86. The van der Waals surface area contributed by atoms with Crippen LogP contribution in [0.25, 0.3) is 0 Å². The van der Waals surface area contributed by atoms with E-state index in [9.17, 15) is 0 Å². The van der Waals surface area contributed by atoms with Crippen molar-refractivity contribution >= 4 is 0 Å². The normalized spacial score (nSPS) is 26.3. The molecule has 2 nitrogen and oxygen atoms in total. The first-order chi connectivity index (χ1) is 9.26. The molecule has 1 heterocycles. The van der Waals surface area contributed by atoms with Crippen molar-refractivity contribution in [1.82, 2.24) is 4.90 Å². The Morgan fingerprint density at radius 2 is 2.00 bits per heavy atom. The molecule has 2 N–H and O–H groups in total.